The van der Waals surface area contributed by atoms with E-state index in [1.165, 1.54) is 0 Å². The van der Waals surface area contributed by atoms with Gasteiger partial charge in [0.15, 0.2) is 0 Å². The van der Waals surface area contributed by atoms with Crippen molar-refractivity contribution in [1.29, 1.82) is 0 Å². The highest BCUT2D eigenvalue weighted by molar-refractivity contribution is 9.11. The normalized spacial score (nSPS) is 17.5. The monoisotopic (exact) mass is 330 g/mol. The Morgan fingerprint density at radius 3 is 2.68 bits per heavy atom. The number of likely N-dealkylation sites (tertiary alicyclic amines) is 1. The maximum Gasteiger partial charge on any atom is 0.243 e. The minimum atomic E-state index is -0.348. The molecular weight excluding hydrogens is 308 g/mol. The molecule has 0 aliphatic carbocycles. The van der Waals surface area contributed by atoms with Gasteiger partial charge in [-0.3, -0.25) is 9.59 Å². The fourth-order valence-corrected chi connectivity index (χ4v) is 2.42. The van der Waals surface area contributed by atoms with E-state index in [-0.39, 0.29) is 17.9 Å². The van der Waals surface area contributed by atoms with E-state index in [1.807, 2.05) is 0 Å². The Morgan fingerprint density at radius 2 is 2.16 bits per heavy atom. The number of nitrogens with zero attached hydrogens (tertiary/aromatic N) is 1. The van der Waals surface area contributed by atoms with Gasteiger partial charge in [-0.05, 0) is 25.2 Å². The largest absolute Gasteiger partial charge is 0.350 e. The Balaban J connectivity index is 2.72. The van der Waals surface area contributed by atoms with E-state index in [4.69, 9.17) is 0 Å². The van der Waals surface area contributed by atoms with E-state index >= 15 is 0 Å². The maximum atomic E-state index is 12.3. The van der Waals surface area contributed by atoms with E-state index in [2.05, 4.69) is 41.7 Å². The van der Waals surface area contributed by atoms with Gasteiger partial charge >= 0.3 is 0 Å². The van der Waals surface area contributed by atoms with E-state index in [1.54, 1.807) is 4.90 Å². The third kappa shape index (κ3) is 5.35. The lowest BCUT2D eigenvalue weighted by Gasteiger charge is -2.34. The van der Waals surface area contributed by atoms with Crippen molar-refractivity contribution in [2.45, 2.75) is 45.6 Å². The van der Waals surface area contributed by atoms with Crippen LogP contribution in [-0.2, 0) is 9.59 Å². The van der Waals surface area contributed by atoms with Gasteiger partial charge in [0, 0.05) is 24.0 Å². The molecule has 1 N–H and O–H groups in total. The van der Waals surface area contributed by atoms with Crippen LogP contribution in [-0.4, -0.2) is 35.8 Å². The summed E-state index contributed by atoms with van der Waals surface area (Å²) < 4.78 is 0.731. The minimum Gasteiger partial charge on any atom is -0.350 e. The number of rotatable bonds is 6. The van der Waals surface area contributed by atoms with Gasteiger partial charge in [0.1, 0.15) is 6.04 Å². The smallest absolute Gasteiger partial charge is 0.243 e. The summed E-state index contributed by atoms with van der Waals surface area (Å²) >= 11 is 3.22. The third-order valence-electron chi connectivity index (χ3n) is 3.19. The second kappa shape index (κ2) is 7.68. The summed E-state index contributed by atoms with van der Waals surface area (Å²) in [4.78, 5) is 26.0. The molecule has 1 saturated heterocycles. The average molecular weight is 331 g/mol. The van der Waals surface area contributed by atoms with Crippen LogP contribution in [0.5, 0.6) is 0 Å². The molecule has 19 heavy (non-hydrogen) atoms. The molecule has 1 aliphatic heterocycles. The molecule has 1 unspecified atom stereocenters. The SMILES string of the molecule is C=C(Br)CNC(=O)C(CC(C)C)N1CCCCC1=O. The van der Waals surface area contributed by atoms with Gasteiger partial charge in [0.05, 0.1) is 0 Å². The number of hydrogen-bond acceptors (Lipinski definition) is 2. The van der Waals surface area contributed by atoms with Gasteiger partial charge in [-0.15, -0.1) is 0 Å². The first-order valence-corrected chi connectivity index (χ1v) is 7.61. The molecule has 0 aromatic rings. The molecule has 0 aromatic heterocycles. The number of nitrogens with one attached hydrogen (secondary N) is 1. The summed E-state index contributed by atoms with van der Waals surface area (Å²) in [5.74, 6) is 0.395. The van der Waals surface area contributed by atoms with Crippen molar-refractivity contribution < 1.29 is 9.59 Å². The molecule has 2 amide bonds. The second-order valence-electron chi connectivity index (χ2n) is 5.42. The Kier molecular flexibility index (Phi) is 6.55. The van der Waals surface area contributed by atoms with E-state index in [9.17, 15) is 9.59 Å². The van der Waals surface area contributed by atoms with Crippen molar-refractivity contribution in [1.82, 2.24) is 10.2 Å². The van der Waals surface area contributed by atoms with Gasteiger partial charge in [-0.1, -0.05) is 36.4 Å². The fraction of sp³-hybridized carbons (Fsp3) is 0.714. The van der Waals surface area contributed by atoms with Crippen LogP contribution < -0.4 is 5.32 Å². The van der Waals surface area contributed by atoms with Gasteiger partial charge in [0.2, 0.25) is 11.8 Å². The Bertz CT molecular complexity index is 355. The first-order valence-electron chi connectivity index (χ1n) is 6.82. The zero-order valence-corrected chi connectivity index (χ0v) is 13.3. The number of carbonyl (C=O) groups is 2. The van der Waals surface area contributed by atoms with E-state index in [0.717, 1.165) is 17.3 Å². The second-order valence-corrected chi connectivity index (χ2v) is 6.55. The van der Waals surface area contributed by atoms with E-state index in [0.29, 0.717) is 31.8 Å². The number of carbonyl (C=O) groups excluding carboxylic acids is 2. The summed E-state index contributed by atoms with van der Waals surface area (Å²) in [5, 5.41) is 2.83. The van der Waals surface area contributed by atoms with Gasteiger partial charge in [-0.25, -0.2) is 0 Å². The number of piperidine rings is 1. The van der Waals surface area contributed by atoms with Crippen molar-refractivity contribution in [3.8, 4) is 0 Å². The quantitative estimate of drug-likeness (QED) is 0.813. The van der Waals surface area contributed by atoms with Crippen LogP contribution in [0.4, 0.5) is 0 Å². The topological polar surface area (TPSA) is 49.4 Å². The summed E-state index contributed by atoms with van der Waals surface area (Å²) in [6, 6.07) is -0.348. The van der Waals surface area contributed by atoms with Crippen LogP contribution >= 0.6 is 15.9 Å². The Morgan fingerprint density at radius 1 is 1.47 bits per heavy atom. The molecular formula is C14H23BrN2O2. The Hall–Kier alpha value is -0.840. The van der Waals surface area contributed by atoms with Gasteiger partial charge in [-0.2, -0.15) is 0 Å². The highest BCUT2D eigenvalue weighted by Crippen LogP contribution is 2.19. The lowest BCUT2D eigenvalue weighted by atomic mass is 9.98. The molecule has 5 heteroatoms. The number of halogens is 1. The first kappa shape index (κ1) is 16.2. The van der Waals surface area contributed by atoms with Crippen LogP contribution in [0, 0.1) is 5.92 Å². The molecule has 0 saturated carbocycles. The molecule has 108 valence electrons. The van der Waals surface area contributed by atoms with Crippen molar-refractivity contribution in [3.63, 3.8) is 0 Å². The number of hydrogen-bond donors (Lipinski definition) is 1. The molecule has 1 heterocycles. The summed E-state index contributed by atoms with van der Waals surface area (Å²) in [7, 11) is 0. The molecule has 0 spiro atoms. The number of amides is 2. The van der Waals surface area contributed by atoms with Gasteiger partial charge < -0.3 is 10.2 Å². The molecule has 0 bridgehead atoms. The summed E-state index contributed by atoms with van der Waals surface area (Å²) in [6.07, 6.45) is 3.18. The molecule has 1 rings (SSSR count). The van der Waals surface area contributed by atoms with Crippen LogP contribution in [0.15, 0.2) is 11.1 Å². The fourth-order valence-electron chi connectivity index (χ4n) is 2.28. The van der Waals surface area contributed by atoms with Crippen LogP contribution in [0.25, 0.3) is 0 Å². The standard InChI is InChI=1S/C14H23BrN2O2/c1-10(2)8-12(14(19)16-9-11(3)15)17-7-5-4-6-13(17)18/h10,12H,3-9H2,1-2H3,(H,16,19). The lowest BCUT2D eigenvalue weighted by molar-refractivity contribution is -0.142. The minimum absolute atomic E-state index is 0.0791. The zero-order chi connectivity index (χ0) is 14.4. The predicted molar refractivity (Wildman–Crippen MR) is 79.9 cm³/mol. The lowest BCUT2D eigenvalue weighted by Crippen LogP contribution is -2.52. The zero-order valence-electron chi connectivity index (χ0n) is 11.7. The van der Waals surface area contributed by atoms with E-state index < -0.39 is 0 Å². The summed E-state index contributed by atoms with van der Waals surface area (Å²) in [6.45, 7) is 8.92. The maximum absolute atomic E-state index is 12.3. The Labute approximate surface area is 123 Å². The predicted octanol–water partition coefficient (Wildman–Crippen LogP) is 2.44. The molecule has 0 radical (unpaired) electrons. The molecule has 0 aromatic carbocycles. The molecule has 1 aliphatic rings. The van der Waals surface area contributed by atoms with Crippen molar-refractivity contribution in [3.05, 3.63) is 11.1 Å². The molecule has 4 nitrogen and oxygen atoms in total. The highest BCUT2D eigenvalue weighted by Gasteiger charge is 2.31. The average Bonchev–Trinajstić information content (AvgIpc) is 2.33. The van der Waals surface area contributed by atoms with Crippen LogP contribution in [0.3, 0.4) is 0 Å². The van der Waals surface area contributed by atoms with Crippen molar-refractivity contribution in [2.75, 3.05) is 13.1 Å². The third-order valence-corrected chi connectivity index (χ3v) is 3.47. The first-order chi connectivity index (χ1) is 8.91. The van der Waals surface area contributed by atoms with Crippen molar-refractivity contribution in [2.24, 2.45) is 5.92 Å². The van der Waals surface area contributed by atoms with Crippen LogP contribution in [0.1, 0.15) is 39.5 Å². The highest BCUT2D eigenvalue weighted by atomic mass is 79.9. The molecule has 1 fully saturated rings. The molecule has 1 atom stereocenters. The van der Waals surface area contributed by atoms with Crippen LogP contribution in [0.2, 0.25) is 0 Å². The van der Waals surface area contributed by atoms with Crippen molar-refractivity contribution >= 4 is 27.7 Å². The van der Waals surface area contributed by atoms with Gasteiger partial charge in [0.25, 0.3) is 0 Å². The summed E-state index contributed by atoms with van der Waals surface area (Å²) in [5.41, 5.74) is 0.